The van der Waals surface area contributed by atoms with E-state index < -0.39 is 11.9 Å². The molecule has 8 heteroatoms. The second-order valence-corrected chi connectivity index (χ2v) is 7.84. The fraction of sp³-hybridized carbons (Fsp3) is 0.320. The SMILES string of the molecule is O=C(O)/C=C/C(=O)O.c1ccc(CN2CCC(CCOc3noc4ccccc34)CC2)cc1. The van der Waals surface area contributed by atoms with E-state index >= 15 is 0 Å². The molecule has 0 spiro atoms. The minimum atomic E-state index is -1.26. The number of carboxylic acids is 2. The molecule has 0 unspecified atom stereocenters. The first-order valence-electron chi connectivity index (χ1n) is 10.9. The number of carbonyl (C=O) groups is 2. The normalized spacial score (nSPS) is 14.7. The lowest BCUT2D eigenvalue weighted by molar-refractivity contribution is -0.134. The predicted molar refractivity (Wildman–Crippen MR) is 123 cm³/mol. The van der Waals surface area contributed by atoms with Gasteiger partial charge in [0.25, 0.3) is 5.88 Å². The molecular formula is C25H28N2O6. The van der Waals surface area contributed by atoms with E-state index in [1.807, 2.05) is 24.3 Å². The largest absolute Gasteiger partial charge is 0.478 e. The van der Waals surface area contributed by atoms with Gasteiger partial charge in [0, 0.05) is 18.7 Å². The summed E-state index contributed by atoms with van der Waals surface area (Å²) >= 11 is 0. The molecule has 1 aliphatic rings. The number of benzene rings is 2. The summed E-state index contributed by atoms with van der Waals surface area (Å²) in [7, 11) is 0. The first kappa shape index (κ1) is 24.0. The van der Waals surface area contributed by atoms with Crippen molar-refractivity contribution < 1.29 is 29.1 Å². The highest BCUT2D eigenvalue weighted by Gasteiger charge is 2.19. The van der Waals surface area contributed by atoms with Gasteiger partial charge < -0.3 is 19.5 Å². The molecule has 174 valence electrons. The van der Waals surface area contributed by atoms with Crippen LogP contribution in [-0.4, -0.2) is 51.9 Å². The van der Waals surface area contributed by atoms with Crippen LogP contribution in [0.5, 0.6) is 5.88 Å². The van der Waals surface area contributed by atoms with Crippen molar-refractivity contribution in [1.29, 1.82) is 0 Å². The highest BCUT2D eigenvalue weighted by Crippen LogP contribution is 2.26. The molecule has 3 aromatic rings. The number of aliphatic carboxylic acids is 2. The number of ether oxygens (including phenoxy) is 1. The van der Waals surface area contributed by atoms with Crippen LogP contribution in [0.3, 0.4) is 0 Å². The lowest BCUT2D eigenvalue weighted by atomic mass is 9.93. The number of piperidine rings is 1. The van der Waals surface area contributed by atoms with Crippen LogP contribution < -0.4 is 4.74 Å². The number of likely N-dealkylation sites (tertiary alicyclic amines) is 1. The molecule has 0 amide bonds. The van der Waals surface area contributed by atoms with Gasteiger partial charge in [0.2, 0.25) is 0 Å². The summed E-state index contributed by atoms with van der Waals surface area (Å²) in [4.78, 5) is 21.7. The van der Waals surface area contributed by atoms with E-state index in [1.165, 1.54) is 31.5 Å². The zero-order chi connectivity index (χ0) is 23.5. The summed E-state index contributed by atoms with van der Waals surface area (Å²) in [6.07, 6.45) is 4.69. The Hall–Kier alpha value is -3.65. The number of aromatic nitrogens is 1. The molecule has 2 aromatic carbocycles. The highest BCUT2D eigenvalue weighted by molar-refractivity contribution is 5.89. The fourth-order valence-corrected chi connectivity index (χ4v) is 3.71. The zero-order valence-electron chi connectivity index (χ0n) is 18.3. The zero-order valence-corrected chi connectivity index (χ0v) is 18.3. The molecule has 0 bridgehead atoms. The van der Waals surface area contributed by atoms with E-state index in [4.69, 9.17) is 19.5 Å². The van der Waals surface area contributed by atoms with Gasteiger partial charge >= 0.3 is 11.9 Å². The fourth-order valence-electron chi connectivity index (χ4n) is 3.71. The van der Waals surface area contributed by atoms with Gasteiger partial charge in [-0.15, -0.1) is 0 Å². The van der Waals surface area contributed by atoms with Crippen molar-refractivity contribution in [2.24, 2.45) is 5.92 Å². The molecule has 1 aromatic heterocycles. The summed E-state index contributed by atoms with van der Waals surface area (Å²) in [5, 5.41) is 20.6. The van der Waals surface area contributed by atoms with Crippen molar-refractivity contribution in [1.82, 2.24) is 10.1 Å². The van der Waals surface area contributed by atoms with Crippen LogP contribution in [0.15, 0.2) is 71.3 Å². The van der Waals surface area contributed by atoms with Gasteiger partial charge in [-0.05, 0) is 61.1 Å². The minimum Gasteiger partial charge on any atom is -0.478 e. The molecule has 8 nitrogen and oxygen atoms in total. The second kappa shape index (κ2) is 12.4. The molecule has 0 radical (unpaired) electrons. The Morgan fingerprint density at radius 1 is 1.00 bits per heavy atom. The van der Waals surface area contributed by atoms with E-state index in [0.717, 1.165) is 29.9 Å². The lowest BCUT2D eigenvalue weighted by Crippen LogP contribution is -2.33. The van der Waals surface area contributed by atoms with Gasteiger partial charge in [0.05, 0.1) is 12.0 Å². The molecule has 2 heterocycles. The third-order valence-electron chi connectivity index (χ3n) is 5.43. The summed E-state index contributed by atoms with van der Waals surface area (Å²) < 4.78 is 11.1. The van der Waals surface area contributed by atoms with Crippen LogP contribution in [0.4, 0.5) is 0 Å². The smallest absolute Gasteiger partial charge is 0.328 e. The highest BCUT2D eigenvalue weighted by atomic mass is 16.5. The lowest BCUT2D eigenvalue weighted by Gasteiger charge is -2.31. The van der Waals surface area contributed by atoms with Crippen LogP contribution in [0.2, 0.25) is 0 Å². The van der Waals surface area contributed by atoms with Gasteiger partial charge in [0.1, 0.15) is 0 Å². The summed E-state index contributed by atoms with van der Waals surface area (Å²) in [6.45, 7) is 4.12. The van der Waals surface area contributed by atoms with Gasteiger partial charge in [-0.25, -0.2) is 9.59 Å². The minimum absolute atomic E-state index is 0.558. The third kappa shape index (κ3) is 8.08. The van der Waals surface area contributed by atoms with Crippen LogP contribution in [0, 0.1) is 5.92 Å². The van der Waals surface area contributed by atoms with Crippen LogP contribution >= 0.6 is 0 Å². The Bertz CT molecular complexity index is 1040. The maximum Gasteiger partial charge on any atom is 0.328 e. The number of fused-ring (bicyclic) bond motifs is 1. The van der Waals surface area contributed by atoms with Crippen molar-refractivity contribution in [3.05, 3.63) is 72.3 Å². The van der Waals surface area contributed by atoms with E-state index in [0.29, 0.717) is 24.6 Å². The summed E-state index contributed by atoms with van der Waals surface area (Å²) in [5.74, 6) is -1.15. The van der Waals surface area contributed by atoms with Gasteiger partial charge in [0.15, 0.2) is 5.58 Å². The topological polar surface area (TPSA) is 113 Å². The van der Waals surface area contributed by atoms with Crippen LogP contribution in [0.25, 0.3) is 11.0 Å². The number of nitrogens with zero attached hydrogens (tertiary/aromatic N) is 2. The maximum atomic E-state index is 9.55. The second-order valence-electron chi connectivity index (χ2n) is 7.84. The Morgan fingerprint density at radius 3 is 2.30 bits per heavy atom. The van der Waals surface area contributed by atoms with E-state index in [-0.39, 0.29) is 0 Å². The molecule has 2 N–H and O–H groups in total. The Kier molecular flexibility index (Phi) is 9.02. The predicted octanol–water partition coefficient (Wildman–Crippen LogP) is 4.22. The summed E-state index contributed by atoms with van der Waals surface area (Å²) in [5.41, 5.74) is 2.19. The maximum absolute atomic E-state index is 9.55. The van der Waals surface area contributed by atoms with Gasteiger partial charge in [-0.2, -0.15) is 0 Å². The molecule has 0 saturated carbocycles. The van der Waals surface area contributed by atoms with Gasteiger partial charge in [-0.3, -0.25) is 4.90 Å². The monoisotopic (exact) mass is 452 g/mol. The quantitative estimate of drug-likeness (QED) is 0.489. The van der Waals surface area contributed by atoms with Crippen molar-refractivity contribution in [3.8, 4) is 5.88 Å². The van der Waals surface area contributed by atoms with Crippen molar-refractivity contribution in [3.63, 3.8) is 0 Å². The Labute approximate surface area is 192 Å². The Balaban J connectivity index is 0.000000331. The molecule has 1 fully saturated rings. The van der Waals surface area contributed by atoms with Gasteiger partial charge in [-0.1, -0.05) is 42.5 Å². The molecule has 1 aliphatic heterocycles. The van der Waals surface area contributed by atoms with E-state index in [2.05, 4.69) is 40.4 Å². The third-order valence-corrected chi connectivity index (χ3v) is 5.43. The van der Waals surface area contributed by atoms with Crippen molar-refractivity contribution >= 4 is 22.9 Å². The van der Waals surface area contributed by atoms with E-state index in [1.54, 1.807) is 0 Å². The number of rotatable bonds is 8. The number of hydrogen-bond donors (Lipinski definition) is 2. The first-order valence-corrected chi connectivity index (χ1v) is 10.9. The van der Waals surface area contributed by atoms with Crippen molar-refractivity contribution in [2.75, 3.05) is 19.7 Å². The average Bonchev–Trinajstić information content (AvgIpc) is 3.23. The summed E-state index contributed by atoms with van der Waals surface area (Å²) in [6, 6.07) is 18.6. The van der Waals surface area contributed by atoms with E-state index in [9.17, 15) is 9.59 Å². The molecular weight excluding hydrogens is 424 g/mol. The standard InChI is InChI=1S/C21H24N2O2.C4H4O4/c1-2-6-18(7-3-1)16-23-13-10-17(11-14-23)12-15-24-21-19-8-4-5-9-20(19)25-22-21;5-3(6)1-2-4(7)8/h1-9,17H,10-16H2;1-2H,(H,5,6)(H,7,8)/b;2-1+. The number of carboxylic acid groups (broad SMARTS) is 2. The first-order chi connectivity index (χ1) is 16.0. The molecule has 1 saturated heterocycles. The number of hydrogen-bond acceptors (Lipinski definition) is 6. The van der Waals surface area contributed by atoms with Crippen molar-refractivity contribution in [2.45, 2.75) is 25.8 Å². The van der Waals surface area contributed by atoms with Crippen LogP contribution in [-0.2, 0) is 16.1 Å². The molecule has 4 rings (SSSR count). The molecule has 0 atom stereocenters. The molecule has 0 aliphatic carbocycles. The average molecular weight is 453 g/mol. The molecule has 33 heavy (non-hydrogen) atoms. The van der Waals surface area contributed by atoms with Crippen LogP contribution in [0.1, 0.15) is 24.8 Å². The Morgan fingerprint density at radius 2 is 1.64 bits per heavy atom. The number of para-hydroxylation sites is 1.